The minimum Gasteiger partial charge on any atom is -0.480 e. The number of hydrogen-bond acceptors (Lipinski definition) is 5. The summed E-state index contributed by atoms with van der Waals surface area (Å²) < 4.78 is 0.849. The van der Waals surface area contributed by atoms with E-state index in [9.17, 15) is 4.79 Å². The van der Waals surface area contributed by atoms with E-state index in [1.165, 1.54) is 11.3 Å². The Balaban J connectivity index is 2.50. The van der Waals surface area contributed by atoms with Gasteiger partial charge in [-0.2, -0.15) is 0 Å². The van der Waals surface area contributed by atoms with Gasteiger partial charge in [0.25, 0.3) is 0 Å². The Morgan fingerprint density at radius 1 is 1.53 bits per heavy atom. The zero-order valence-corrected chi connectivity index (χ0v) is 8.49. The molecule has 0 amide bonds. The van der Waals surface area contributed by atoms with Crippen LogP contribution in [-0.2, 0) is 4.79 Å². The summed E-state index contributed by atoms with van der Waals surface area (Å²) in [4.78, 5) is 14.7. The molecule has 0 unspecified atom stereocenters. The topological polar surface area (TPSA) is 102 Å². The number of thiazole rings is 1. The maximum Gasteiger partial charge on any atom is 0.325 e. The second-order valence-electron chi connectivity index (χ2n) is 3.10. The number of fused-ring (bicyclic) bond motifs is 1. The van der Waals surface area contributed by atoms with E-state index in [0.29, 0.717) is 10.7 Å². The van der Waals surface area contributed by atoms with E-state index in [-0.39, 0.29) is 0 Å². The van der Waals surface area contributed by atoms with Crippen LogP contribution in [0.25, 0.3) is 10.2 Å². The Morgan fingerprint density at radius 3 is 2.93 bits per heavy atom. The number of anilines is 1. The SMILES string of the molecule is Nc1nc2ccc([C@@H](N)C(=O)O)cc2s1. The second kappa shape index (κ2) is 3.48. The third-order valence-corrected chi connectivity index (χ3v) is 2.90. The molecule has 0 saturated carbocycles. The lowest BCUT2D eigenvalue weighted by Gasteiger charge is -2.05. The minimum atomic E-state index is -1.05. The van der Waals surface area contributed by atoms with Gasteiger partial charge in [-0.05, 0) is 17.7 Å². The number of carboxylic acids is 1. The molecule has 5 N–H and O–H groups in total. The van der Waals surface area contributed by atoms with Gasteiger partial charge in [0, 0.05) is 0 Å². The molecule has 0 saturated heterocycles. The lowest BCUT2D eigenvalue weighted by molar-refractivity contribution is -0.138. The fourth-order valence-electron chi connectivity index (χ4n) is 1.30. The summed E-state index contributed by atoms with van der Waals surface area (Å²) in [6, 6.07) is 4.08. The lowest BCUT2D eigenvalue weighted by atomic mass is 10.1. The molecule has 2 aromatic rings. The Hall–Kier alpha value is -1.66. The summed E-state index contributed by atoms with van der Waals surface area (Å²) in [5.74, 6) is -1.05. The number of aliphatic carboxylic acids is 1. The number of nitrogens with zero attached hydrogens (tertiary/aromatic N) is 1. The number of aromatic nitrogens is 1. The molecule has 0 aliphatic carbocycles. The van der Waals surface area contributed by atoms with Crippen LogP contribution in [0, 0.1) is 0 Å². The van der Waals surface area contributed by atoms with Crippen molar-refractivity contribution < 1.29 is 9.90 Å². The molecule has 1 aromatic carbocycles. The van der Waals surface area contributed by atoms with E-state index in [1.54, 1.807) is 18.2 Å². The summed E-state index contributed by atoms with van der Waals surface area (Å²) in [6.45, 7) is 0. The lowest BCUT2D eigenvalue weighted by Crippen LogP contribution is -2.20. The Kier molecular flexibility index (Phi) is 2.29. The first kappa shape index (κ1) is 9.88. The van der Waals surface area contributed by atoms with Gasteiger partial charge in [-0.1, -0.05) is 17.4 Å². The molecule has 0 bridgehead atoms. The molecule has 0 radical (unpaired) electrons. The monoisotopic (exact) mass is 223 g/mol. The summed E-state index contributed by atoms with van der Waals surface area (Å²) in [5, 5.41) is 9.21. The quantitative estimate of drug-likeness (QED) is 0.703. The van der Waals surface area contributed by atoms with Crippen LogP contribution in [0.4, 0.5) is 5.13 Å². The van der Waals surface area contributed by atoms with E-state index in [0.717, 1.165) is 10.2 Å². The van der Waals surface area contributed by atoms with E-state index in [4.69, 9.17) is 16.6 Å². The molecule has 1 atom stereocenters. The largest absolute Gasteiger partial charge is 0.480 e. The van der Waals surface area contributed by atoms with Crippen LogP contribution in [0.1, 0.15) is 11.6 Å². The van der Waals surface area contributed by atoms with Crippen molar-refractivity contribution >= 4 is 32.7 Å². The zero-order chi connectivity index (χ0) is 11.0. The van der Waals surface area contributed by atoms with Crippen LogP contribution in [0.5, 0.6) is 0 Å². The van der Waals surface area contributed by atoms with Gasteiger partial charge in [-0.3, -0.25) is 4.79 Å². The molecule has 0 aliphatic rings. The summed E-state index contributed by atoms with van der Waals surface area (Å²) in [7, 11) is 0. The van der Waals surface area contributed by atoms with Gasteiger partial charge in [0.2, 0.25) is 0 Å². The normalized spacial score (nSPS) is 12.9. The third-order valence-electron chi connectivity index (χ3n) is 2.05. The van der Waals surface area contributed by atoms with Gasteiger partial charge in [0.1, 0.15) is 6.04 Å². The van der Waals surface area contributed by atoms with Gasteiger partial charge in [-0.15, -0.1) is 0 Å². The number of hydrogen-bond donors (Lipinski definition) is 3. The van der Waals surface area contributed by atoms with Crippen LogP contribution < -0.4 is 11.5 Å². The predicted molar refractivity (Wildman–Crippen MR) is 58.6 cm³/mol. The highest BCUT2D eigenvalue weighted by Crippen LogP contribution is 2.26. The zero-order valence-electron chi connectivity index (χ0n) is 7.68. The average molecular weight is 223 g/mol. The smallest absolute Gasteiger partial charge is 0.325 e. The van der Waals surface area contributed by atoms with Crippen molar-refractivity contribution in [1.82, 2.24) is 4.98 Å². The highest BCUT2D eigenvalue weighted by atomic mass is 32.1. The van der Waals surface area contributed by atoms with E-state index >= 15 is 0 Å². The molecular weight excluding hydrogens is 214 g/mol. The standard InChI is InChI=1S/C9H9N3O2S/c10-7(8(13)14)4-1-2-5-6(3-4)15-9(11)12-5/h1-3,7H,10H2,(H2,11,12)(H,13,14)/t7-/m1/s1. The predicted octanol–water partition coefficient (Wildman–Crippen LogP) is 0.963. The number of rotatable bonds is 2. The molecule has 0 fully saturated rings. The Labute approximate surface area is 89.3 Å². The van der Waals surface area contributed by atoms with Gasteiger partial charge >= 0.3 is 5.97 Å². The van der Waals surface area contributed by atoms with Crippen molar-refractivity contribution in [2.24, 2.45) is 5.73 Å². The van der Waals surface area contributed by atoms with Crippen LogP contribution in [0.15, 0.2) is 18.2 Å². The van der Waals surface area contributed by atoms with E-state index in [1.807, 2.05) is 0 Å². The maximum atomic E-state index is 10.7. The Bertz CT molecular complexity index is 523. The third kappa shape index (κ3) is 1.77. The van der Waals surface area contributed by atoms with E-state index in [2.05, 4.69) is 4.98 Å². The molecule has 5 nitrogen and oxygen atoms in total. The fourth-order valence-corrected chi connectivity index (χ4v) is 2.08. The van der Waals surface area contributed by atoms with Crippen LogP contribution in [0.2, 0.25) is 0 Å². The number of carbonyl (C=O) groups is 1. The van der Waals surface area contributed by atoms with Crippen molar-refractivity contribution in [3.63, 3.8) is 0 Å². The minimum absolute atomic E-state index is 0.464. The molecule has 0 aliphatic heterocycles. The van der Waals surface area contributed by atoms with Crippen LogP contribution in [-0.4, -0.2) is 16.1 Å². The first-order valence-electron chi connectivity index (χ1n) is 4.22. The maximum absolute atomic E-state index is 10.7. The first-order chi connectivity index (χ1) is 7.08. The number of nitrogens with two attached hydrogens (primary N) is 2. The second-order valence-corrected chi connectivity index (χ2v) is 4.16. The molecule has 0 spiro atoms. The molecule has 1 heterocycles. The highest BCUT2D eigenvalue weighted by Gasteiger charge is 2.15. The number of carboxylic acid groups (broad SMARTS) is 1. The molecule has 1 aromatic heterocycles. The van der Waals surface area contributed by atoms with Crippen LogP contribution in [0.3, 0.4) is 0 Å². The molecular formula is C9H9N3O2S. The molecule has 78 valence electrons. The van der Waals surface area contributed by atoms with Crippen molar-refractivity contribution in [3.8, 4) is 0 Å². The summed E-state index contributed by atoms with van der Waals surface area (Å²) in [6.07, 6.45) is 0. The van der Waals surface area contributed by atoms with E-state index < -0.39 is 12.0 Å². The van der Waals surface area contributed by atoms with Crippen LogP contribution >= 0.6 is 11.3 Å². The van der Waals surface area contributed by atoms with Gasteiger partial charge in [0.05, 0.1) is 10.2 Å². The molecule has 2 rings (SSSR count). The highest BCUT2D eigenvalue weighted by molar-refractivity contribution is 7.22. The Morgan fingerprint density at radius 2 is 2.27 bits per heavy atom. The van der Waals surface area contributed by atoms with Gasteiger partial charge in [-0.25, -0.2) is 4.98 Å². The van der Waals surface area contributed by atoms with Crippen molar-refractivity contribution in [2.75, 3.05) is 5.73 Å². The van der Waals surface area contributed by atoms with Crippen molar-refractivity contribution in [2.45, 2.75) is 6.04 Å². The van der Waals surface area contributed by atoms with Gasteiger partial charge in [0.15, 0.2) is 5.13 Å². The fraction of sp³-hybridized carbons (Fsp3) is 0.111. The summed E-state index contributed by atoms with van der Waals surface area (Å²) >= 11 is 1.31. The average Bonchev–Trinajstić information content (AvgIpc) is 2.55. The van der Waals surface area contributed by atoms with Crippen molar-refractivity contribution in [1.29, 1.82) is 0 Å². The molecule has 15 heavy (non-hydrogen) atoms. The summed E-state index contributed by atoms with van der Waals surface area (Å²) in [5.41, 5.74) is 12.3. The van der Waals surface area contributed by atoms with Gasteiger partial charge < -0.3 is 16.6 Å². The van der Waals surface area contributed by atoms with Crippen molar-refractivity contribution in [3.05, 3.63) is 23.8 Å². The number of benzene rings is 1. The molecule has 6 heteroatoms. The first-order valence-corrected chi connectivity index (χ1v) is 5.04. The number of nitrogen functional groups attached to an aromatic ring is 1.